The summed E-state index contributed by atoms with van der Waals surface area (Å²) in [6.07, 6.45) is 1.18. The monoisotopic (exact) mass is 269 g/mol. The van der Waals surface area contributed by atoms with Crippen LogP contribution in [0.25, 0.3) is 0 Å². The summed E-state index contributed by atoms with van der Waals surface area (Å²) in [6, 6.07) is 8.00. The molecule has 0 spiro atoms. The first-order valence-electron chi connectivity index (χ1n) is 6.13. The van der Waals surface area contributed by atoms with Crippen LogP contribution in [0.5, 0.6) is 0 Å². The molecule has 4 heteroatoms. The Labute approximate surface area is 111 Å². The van der Waals surface area contributed by atoms with E-state index in [1.165, 1.54) is 11.8 Å². The standard InChI is InChI=1S/C14H23NO2S/c1-11(14(2,3)4)13-9-7-6-8-12(13)10-15-18(5,16)17/h6-9,11,15H,10H2,1-5H3/t11-/m1/s1. The largest absolute Gasteiger partial charge is 0.213 e. The molecule has 102 valence electrons. The Morgan fingerprint density at radius 2 is 1.78 bits per heavy atom. The van der Waals surface area contributed by atoms with Gasteiger partial charge in [-0.2, -0.15) is 0 Å². The fraction of sp³-hybridized carbons (Fsp3) is 0.571. The van der Waals surface area contributed by atoms with Crippen molar-refractivity contribution >= 4 is 10.0 Å². The Morgan fingerprint density at radius 1 is 1.22 bits per heavy atom. The molecule has 1 atom stereocenters. The van der Waals surface area contributed by atoms with Gasteiger partial charge >= 0.3 is 0 Å². The minimum absolute atomic E-state index is 0.154. The van der Waals surface area contributed by atoms with Gasteiger partial charge in [-0.1, -0.05) is 52.0 Å². The van der Waals surface area contributed by atoms with Crippen LogP contribution < -0.4 is 4.72 Å². The molecule has 1 aromatic carbocycles. The Morgan fingerprint density at radius 3 is 2.28 bits per heavy atom. The lowest BCUT2D eigenvalue weighted by molar-refractivity contribution is 0.338. The van der Waals surface area contributed by atoms with Crippen molar-refractivity contribution < 1.29 is 8.42 Å². The van der Waals surface area contributed by atoms with E-state index in [0.29, 0.717) is 12.5 Å². The van der Waals surface area contributed by atoms with E-state index < -0.39 is 10.0 Å². The Hall–Kier alpha value is -0.870. The quantitative estimate of drug-likeness (QED) is 0.913. The Bertz CT molecular complexity index is 501. The second-order valence-electron chi connectivity index (χ2n) is 5.88. The summed E-state index contributed by atoms with van der Waals surface area (Å²) in [5, 5.41) is 0. The van der Waals surface area contributed by atoms with E-state index >= 15 is 0 Å². The Balaban J connectivity index is 3.00. The van der Waals surface area contributed by atoms with Gasteiger partial charge in [-0.05, 0) is 22.5 Å². The predicted octanol–water partition coefficient (Wildman–Crippen LogP) is 2.89. The average molecular weight is 269 g/mol. The van der Waals surface area contributed by atoms with Crippen molar-refractivity contribution in [2.45, 2.75) is 40.2 Å². The fourth-order valence-electron chi connectivity index (χ4n) is 1.79. The van der Waals surface area contributed by atoms with Crippen LogP contribution in [0.2, 0.25) is 0 Å². The van der Waals surface area contributed by atoms with Gasteiger partial charge in [0.2, 0.25) is 10.0 Å². The van der Waals surface area contributed by atoms with Gasteiger partial charge in [-0.25, -0.2) is 13.1 Å². The molecule has 0 bridgehead atoms. The van der Waals surface area contributed by atoms with Crippen molar-refractivity contribution in [3.63, 3.8) is 0 Å². The number of hydrogen-bond donors (Lipinski definition) is 1. The molecule has 0 fully saturated rings. The van der Waals surface area contributed by atoms with E-state index in [0.717, 1.165) is 5.56 Å². The average Bonchev–Trinajstić information content (AvgIpc) is 2.23. The van der Waals surface area contributed by atoms with E-state index in [4.69, 9.17) is 0 Å². The van der Waals surface area contributed by atoms with Gasteiger partial charge in [0.15, 0.2) is 0 Å². The maximum atomic E-state index is 11.2. The molecule has 3 nitrogen and oxygen atoms in total. The summed E-state index contributed by atoms with van der Waals surface area (Å²) in [4.78, 5) is 0. The van der Waals surface area contributed by atoms with Crippen LogP contribution >= 0.6 is 0 Å². The highest BCUT2D eigenvalue weighted by Crippen LogP contribution is 2.35. The number of hydrogen-bond acceptors (Lipinski definition) is 2. The van der Waals surface area contributed by atoms with Crippen molar-refractivity contribution in [1.29, 1.82) is 0 Å². The maximum absolute atomic E-state index is 11.2. The van der Waals surface area contributed by atoms with E-state index in [9.17, 15) is 8.42 Å². The van der Waals surface area contributed by atoms with Crippen LogP contribution in [0.3, 0.4) is 0 Å². The summed E-state index contributed by atoms with van der Waals surface area (Å²) in [6.45, 7) is 9.12. The smallest absolute Gasteiger partial charge is 0.209 e. The number of rotatable bonds is 4. The van der Waals surface area contributed by atoms with Crippen LogP contribution in [0.4, 0.5) is 0 Å². The Kier molecular flexibility index (Phi) is 4.56. The van der Waals surface area contributed by atoms with Crippen molar-refractivity contribution in [1.82, 2.24) is 4.72 Å². The molecule has 0 saturated heterocycles. The lowest BCUT2D eigenvalue weighted by Crippen LogP contribution is -2.23. The van der Waals surface area contributed by atoms with Gasteiger partial charge in [0.05, 0.1) is 6.26 Å². The highest BCUT2D eigenvalue weighted by molar-refractivity contribution is 7.88. The van der Waals surface area contributed by atoms with Gasteiger partial charge in [-0.3, -0.25) is 0 Å². The molecule has 0 aliphatic rings. The minimum Gasteiger partial charge on any atom is -0.213 e. The van der Waals surface area contributed by atoms with Gasteiger partial charge in [0.25, 0.3) is 0 Å². The topological polar surface area (TPSA) is 46.2 Å². The summed E-state index contributed by atoms with van der Waals surface area (Å²) < 4.78 is 24.9. The van der Waals surface area contributed by atoms with Crippen LogP contribution in [-0.2, 0) is 16.6 Å². The van der Waals surface area contributed by atoms with Crippen molar-refractivity contribution in [3.05, 3.63) is 35.4 Å². The highest BCUT2D eigenvalue weighted by atomic mass is 32.2. The second kappa shape index (κ2) is 5.41. The third-order valence-corrected chi connectivity index (χ3v) is 4.01. The molecule has 0 aliphatic heterocycles. The van der Waals surface area contributed by atoms with E-state index in [1.54, 1.807) is 0 Å². The zero-order valence-corrected chi connectivity index (χ0v) is 12.6. The molecule has 0 heterocycles. The van der Waals surface area contributed by atoms with Crippen molar-refractivity contribution in [2.24, 2.45) is 5.41 Å². The zero-order valence-electron chi connectivity index (χ0n) is 11.8. The first-order chi connectivity index (χ1) is 8.11. The molecule has 0 unspecified atom stereocenters. The van der Waals surface area contributed by atoms with E-state index in [2.05, 4.69) is 38.5 Å². The molecule has 1 rings (SSSR count). The second-order valence-corrected chi connectivity index (χ2v) is 7.71. The van der Waals surface area contributed by atoms with E-state index in [-0.39, 0.29) is 5.41 Å². The minimum atomic E-state index is -3.15. The summed E-state index contributed by atoms with van der Waals surface area (Å²) in [5.41, 5.74) is 2.41. The third kappa shape index (κ3) is 4.42. The van der Waals surface area contributed by atoms with Crippen LogP contribution in [0.15, 0.2) is 24.3 Å². The van der Waals surface area contributed by atoms with Crippen LogP contribution in [-0.4, -0.2) is 14.7 Å². The van der Waals surface area contributed by atoms with Crippen molar-refractivity contribution in [3.8, 4) is 0 Å². The molecule has 1 aromatic rings. The fourth-order valence-corrected chi connectivity index (χ4v) is 2.21. The molecule has 0 saturated carbocycles. The zero-order chi connectivity index (χ0) is 14.0. The van der Waals surface area contributed by atoms with Gasteiger partial charge in [0, 0.05) is 6.54 Å². The number of nitrogens with one attached hydrogen (secondary N) is 1. The number of benzene rings is 1. The normalized spacial score (nSPS) is 14.5. The highest BCUT2D eigenvalue weighted by Gasteiger charge is 2.23. The molecule has 0 aliphatic carbocycles. The van der Waals surface area contributed by atoms with E-state index in [1.807, 2.05) is 18.2 Å². The van der Waals surface area contributed by atoms with Crippen LogP contribution in [0, 0.1) is 5.41 Å². The lowest BCUT2D eigenvalue weighted by Gasteiger charge is -2.29. The van der Waals surface area contributed by atoms with Gasteiger partial charge in [0.1, 0.15) is 0 Å². The van der Waals surface area contributed by atoms with Gasteiger partial charge < -0.3 is 0 Å². The first kappa shape index (κ1) is 15.2. The molecule has 1 N–H and O–H groups in total. The SMILES string of the molecule is C[C@H](c1ccccc1CNS(C)(=O)=O)C(C)(C)C. The molecular weight excluding hydrogens is 246 g/mol. The van der Waals surface area contributed by atoms with Crippen molar-refractivity contribution in [2.75, 3.05) is 6.26 Å². The summed E-state index contributed by atoms with van der Waals surface area (Å²) in [7, 11) is -3.15. The molecular formula is C14H23NO2S. The molecule has 0 amide bonds. The molecule has 0 aromatic heterocycles. The lowest BCUT2D eigenvalue weighted by atomic mass is 9.76. The third-order valence-electron chi connectivity index (χ3n) is 3.35. The first-order valence-corrected chi connectivity index (χ1v) is 8.03. The van der Waals surface area contributed by atoms with Crippen LogP contribution in [0.1, 0.15) is 44.7 Å². The summed E-state index contributed by atoms with van der Waals surface area (Å²) in [5.74, 6) is 0.370. The number of sulfonamides is 1. The maximum Gasteiger partial charge on any atom is 0.209 e. The summed E-state index contributed by atoms with van der Waals surface area (Å²) >= 11 is 0. The molecule has 18 heavy (non-hydrogen) atoms. The predicted molar refractivity (Wildman–Crippen MR) is 76.0 cm³/mol. The van der Waals surface area contributed by atoms with Gasteiger partial charge in [-0.15, -0.1) is 0 Å². The molecule has 0 radical (unpaired) electrons.